The molecule has 1 aromatic carbocycles. The lowest BCUT2D eigenvalue weighted by molar-refractivity contribution is -0.130. The fraction of sp³-hybridized carbons (Fsp3) is 0.435. The van der Waals surface area contributed by atoms with Gasteiger partial charge in [0.15, 0.2) is 7.85 Å². The van der Waals surface area contributed by atoms with Gasteiger partial charge in [0.05, 0.1) is 11.8 Å². The van der Waals surface area contributed by atoms with Crippen LogP contribution in [0, 0.1) is 0 Å². The molecule has 8 heteroatoms. The molecule has 0 saturated carbocycles. The Morgan fingerprint density at radius 1 is 1.19 bits per heavy atom. The van der Waals surface area contributed by atoms with E-state index in [1.165, 1.54) is 16.7 Å². The summed E-state index contributed by atoms with van der Waals surface area (Å²) in [6.07, 6.45) is 4.57. The predicted molar refractivity (Wildman–Crippen MR) is 127 cm³/mol. The average molecular weight is 434 g/mol. The number of thiophene rings is 1. The molecule has 1 saturated heterocycles. The van der Waals surface area contributed by atoms with Crippen LogP contribution in [0.25, 0.3) is 10.2 Å². The van der Waals surface area contributed by atoms with Gasteiger partial charge in [0.25, 0.3) is 5.56 Å². The Labute approximate surface area is 186 Å². The summed E-state index contributed by atoms with van der Waals surface area (Å²) in [4.78, 5) is 33.4. The number of carbonyl (C=O) groups is 1. The zero-order chi connectivity index (χ0) is 21.5. The van der Waals surface area contributed by atoms with Gasteiger partial charge in [-0.1, -0.05) is 18.2 Å². The van der Waals surface area contributed by atoms with Gasteiger partial charge in [-0.3, -0.25) is 19.1 Å². The minimum absolute atomic E-state index is 0.0953. The van der Waals surface area contributed by atoms with Gasteiger partial charge in [0.1, 0.15) is 4.70 Å². The van der Waals surface area contributed by atoms with Crippen LogP contribution in [0.3, 0.4) is 0 Å². The van der Waals surface area contributed by atoms with E-state index in [2.05, 4.69) is 28.1 Å². The third-order valence-corrected chi connectivity index (χ3v) is 7.70. The van der Waals surface area contributed by atoms with E-state index in [0.717, 1.165) is 67.0 Å². The van der Waals surface area contributed by atoms with Crippen molar-refractivity contribution in [3.05, 3.63) is 57.6 Å². The molecule has 160 valence electrons. The molecule has 2 aromatic heterocycles. The first kappa shape index (κ1) is 20.5. The molecule has 1 aliphatic carbocycles. The number of piperazine rings is 1. The van der Waals surface area contributed by atoms with E-state index >= 15 is 0 Å². The van der Waals surface area contributed by atoms with E-state index in [9.17, 15) is 9.59 Å². The molecule has 1 fully saturated rings. The van der Waals surface area contributed by atoms with Crippen LogP contribution < -0.4 is 10.3 Å². The fourth-order valence-corrected chi connectivity index (χ4v) is 5.81. The molecule has 0 unspecified atom stereocenters. The van der Waals surface area contributed by atoms with Crippen molar-refractivity contribution in [3.63, 3.8) is 0 Å². The molecule has 3 heterocycles. The lowest BCUT2D eigenvalue weighted by Gasteiger charge is -2.34. The second kappa shape index (κ2) is 8.24. The Hall–Kier alpha value is -2.45. The number of rotatable bonds is 3. The molecule has 0 bridgehead atoms. The normalized spacial score (nSPS) is 19.5. The summed E-state index contributed by atoms with van der Waals surface area (Å²) in [6.45, 7) is 6.08. The van der Waals surface area contributed by atoms with Gasteiger partial charge in [0, 0.05) is 45.7 Å². The van der Waals surface area contributed by atoms with Crippen LogP contribution in [-0.4, -0.2) is 59.3 Å². The number of hydrogen-bond donors (Lipinski definition) is 0. The number of amides is 1. The van der Waals surface area contributed by atoms with E-state index in [4.69, 9.17) is 0 Å². The number of nitrogens with zero attached hydrogens (tertiary/aromatic N) is 4. The van der Waals surface area contributed by atoms with Crippen molar-refractivity contribution >= 4 is 40.1 Å². The molecular weight excluding hydrogens is 407 g/mol. The maximum Gasteiger partial charge on any atom is 0.271 e. The van der Waals surface area contributed by atoms with Crippen LogP contribution in [0.5, 0.6) is 0 Å². The molecule has 1 aliphatic heterocycles. The second-order valence-corrected chi connectivity index (χ2v) is 10.1. The first-order chi connectivity index (χ1) is 15.0. The van der Waals surface area contributed by atoms with Crippen LogP contribution in [0.2, 0.25) is 0 Å². The molecule has 0 spiro atoms. The zero-order valence-corrected chi connectivity index (χ0v) is 19.0. The Morgan fingerprint density at radius 3 is 2.77 bits per heavy atom. The molecule has 0 radical (unpaired) electrons. The van der Waals surface area contributed by atoms with Crippen molar-refractivity contribution in [2.45, 2.75) is 38.8 Å². The van der Waals surface area contributed by atoms with Crippen molar-refractivity contribution < 1.29 is 4.79 Å². The van der Waals surface area contributed by atoms with Gasteiger partial charge in [-0.15, -0.1) is 11.3 Å². The summed E-state index contributed by atoms with van der Waals surface area (Å²) in [6, 6.07) is 8.98. The molecule has 1 amide bonds. The van der Waals surface area contributed by atoms with Crippen LogP contribution in [0.15, 0.2) is 35.4 Å². The summed E-state index contributed by atoms with van der Waals surface area (Å²) in [5, 5.41) is 0. The summed E-state index contributed by atoms with van der Waals surface area (Å²) >= 11 is 1.54. The summed E-state index contributed by atoms with van der Waals surface area (Å²) < 4.78 is 3.75. The smallest absolute Gasteiger partial charge is 0.271 e. The number of hydrogen-bond acceptors (Lipinski definition) is 5. The highest BCUT2D eigenvalue weighted by atomic mass is 32.1. The highest BCUT2D eigenvalue weighted by Gasteiger charge is 2.23. The topological polar surface area (TPSA) is 58.4 Å². The molecule has 2 aliphatic rings. The predicted octanol–water partition coefficient (Wildman–Crippen LogP) is 1.11. The molecule has 3 aromatic rings. The van der Waals surface area contributed by atoms with Gasteiger partial charge in [-0.25, -0.2) is 4.98 Å². The van der Waals surface area contributed by atoms with E-state index in [1.54, 1.807) is 24.6 Å². The van der Waals surface area contributed by atoms with Crippen LogP contribution >= 0.6 is 11.3 Å². The van der Waals surface area contributed by atoms with E-state index in [1.807, 2.05) is 23.4 Å². The number of benzene rings is 1. The van der Waals surface area contributed by atoms with Crippen molar-refractivity contribution in [2.75, 3.05) is 26.2 Å². The summed E-state index contributed by atoms with van der Waals surface area (Å²) in [7, 11) is 2.02. The van der Waals surface area contributed by atoms with Gasteiger partial charge in [0.2, 0.25) is 5.91 Å². The van der Waals surface area contributed by atoms with E-state index in [-0.39, 0.29) is 17.5 Å². The highest BCUT2D eigenvalue weighted by Crippen LogP contribution is 2.29. The molecule has 5 rings (SSSR count). The first-order valence-corrected chi connectivity index (χ1v) is 11.9. The Morgan fingerprint density at radius 2 is 2.00 bits per heavy atom. The maximum absolute atomic E-state index is 13.0. The highest BCUT2D eigenvalue weighted by molar-refractivity contribution is 7.26. The first-order valence-electron chi connectivity index (χ1n) is 11.0. The summed E-state index contributed by atoms with van der Waals surface area (Å²) in [5.74, 6) is 0.172. The zero-order valence-electron chi connectivity index (χ0n) is 18.1. The van der Waals surface area contributed by atoms with E-state index < -0.39 is 0 Å². The van der Waals surface area contributed by atoms with Crippen molar-refractivity contribution in [3.8, 4) is 0 Å². The Balaban J connectivity index is 1.29. The molecular formula is C23H27BN4O2S. The molecule has 0 N–H and O–H groups in total. The third-order valence-electron chi connectivity index (χ3n) is 6.68. The van der Waals surface area contributed by atoms with Crippen LogP contribution in [0.4, 0.5) is 0 Å². The quantitative estimate of drug-likeness (QED) is 0.580. The minimum atomic E-state index is 0.0953. The van der Waals surface area contributed by atoms with Gasteiger partial charge in [-0.2, -0.15) is 0 Å². The van der Waals surface area contributed by atoms with Crippen LogP contribution in [0.1, 0.15) is 36.1 Å². The number of fused-ring (bicyclic) bond motifs is 2. The standard InChI is InChI=1S/C23H27BN4O2S/c1-15(29)27-8-6-26(7-9-27)13-16-2-3-18-11-19(5-4-17(18)10-16)28-14-25-20-12-21(24)31-22(20)23(28)30/h2-3,10,12,14,19H,4-9,11,13,24H2,1H3/t19-/m0/s1. The minimum Gasteiger partial charge on any atom is -0.340 e. The molecule has 31 heavy (non-hydrogen) atoms. The van der Waals surface area contributed by atoms with Crippen molar-refractivity contribution in [2.24, 2.45) is 0 Å². The third kappa shape index (κ3) is 4.06. The summed E-state index contributed by atoms with van der Waals surface area (Å²) in [5.41, 5.74) is 5.00. The number of aromatic nitrogens is 2. The SMILES string of the molecule is Bc1cc2ncn([C@H]3CCc4cc(CN5CCN(C(C)=O)CC5)ccc4C3)c(=O)c2s1. The molecule has 6 nitrogen and oxygen atoms in total. The Kier molecular flexibility index (Phi) is 5.44. The van der Waals surface area contributed by atoms with E-state index in [0.29, 0.717) is 0 Å². The van der Waals surface area contributed by atoms with Crippen molar-refractivity contribution in [1.82, 2.24) is 19.4 Å². The van der Waals surface area contributed by atoms with Gasteiger partial charge in [-0.05, 0) is 46.8 Å². The Bertz CT molecular complexity index is 1200. The van der Waals surface area contributed by atoms with Crippen LogP contribution in [-0.2, 0) is 24.2 Å². The number of carbonyl (C=O) groups excluding carboxylic acids is 1. The molecule has 1 atom stereocenters. The number of aryl methyl sites for hydroxylation is 1. The van der Waals surface area contributed by atoms with Gasteiger partial charge >= 0.3 is 0 Å². The monoisotopic (exact) mass is 434 g/mol. The lowest BCUT2D eigenvalue weighted by atomic mass is 9.87. The van der Waals surface area contributed by atoms with Gasteiger partial charge < -0.3 is 4.90 Å². The average Bonchev–Trinajstić information content (AvgIpc) is 3.15. The van der Waals surface area contributed by atoms with Crippen molar-refractivity contribution in [1.29, 1.82) is 0 Å². The second-order valence-electron chi connectivity index (χ2n) is 8.81. The fourth-order valence-electron chi connectivity index (χ4n) is 4.91. The largest absolute Gasteiger partial charge is 0.340 e. The lowest BCUT2D eigenvalue weighted by Crippen LogP contribution is -2.47. The maximum atomic E-state index is 13.0.